The number of nitrogens with zero attached hydrogens (tertiary/aromatic N) is 3. The summed E-state index contributed by atoms with van der Waals surface area (Å²) in [6, 6.07) is 25.8. The summed E-state index contributed by atoms with van der Waals surface area (Å²) in [5.41, 5.74) is 5.77. The van der Waals surface area contributed by atoms with Gasteiger partial charge in [0.2, 0.25) is 0 Å². The first kappa shape index (κ1) is 21.2. The fraction of sp³-hybridized carbons (Fsp3) is 0.182. The first-order valence-corrected chi connectivity index (χ1v) is 13.6. The van der Waals surface area contributed by atoms with Gasteiger partial charge in [-0.2, -0.15) is 0 Å². The summed E-state index contributed by atoms with van der Waals surface area (Å²) in [6.45, 7) is 0.219. The van der Waals surface area contributed by atoms with Crippen LogP contribution in [0.25, 0.3) is 43.6 Å². The van der Waals surface area contributed by atoms with Crippen molar-refractivity contribution in [3.05, 3.63) is 95.6 Å². The fourth-order valence-electron chi connectivity index (χ4n) is 7.62. The summed E-state index contributed by atoms with van der Waals surface area (Å²) in [5.74, 6) is -0.270. The molecular weight excluding hydrogens is 486 g/mol. The lowest BCUT2D eigenvalue weighted by atomic mass is 9.89. The Labute approximate surface area is 223 Å². The van der Waals surface area contributed by atoms with Crippen molar-refractivity contribution in [3.63, 3.8) is 0 Å². The molecule has 2 aliphatic heterocycles. The highest BCUT2D eigenvalue weighted by atomic mass is 16.2. The smallest absolute Gasteiger partial charge is 0.262 e. The highest BCUT2D eigenvalue weighted by molar-refractivity contribution is 6.39. The molecule has 2 amide bonds. The second-order valence-corrected chi connectivity index (χ2v) is 11.1. The third-order valence-electron chi connectivity index (χ3n) is 9.16. The molecule has 2 aromatic heterocycles. The third kappa shape index (κ3) is 2.50. The maximum Gasteiger partial charge on any atom is 0.262 e. The number of rotatable bonds is 2. The molecule has 6 nitrogen and oxygen atoms in total. The SMILES string of the molecule is O=C1CC[C@H]2C[C@@H]1n1c3ccccc3c3c4c(c5c6ccccc6n2c5c31)C(=O)N(Cc1ccccc1)C4=O. The lowest BCUT2D eigenvalue weighted by Gasteiger charge is -2.29. The van der Waals surface area contributed by atoms with Crippen molar-refractivity contribution in [1.29, 1.82) is 0 Å². The minimum Gasteiger partial charge on any atom is -0.335 e. The Hall–Kier alpha value is -4.71. The Balaban J connectivity index is 1.51. The number of para-hydroxylation sites is 2. The standard InChI is InChI=1S/C33H23N3O3/c37-25-15-14-19-16-24(25)36-23-13-7-5-11-21(23)27-29-28(32(38)34(33(29)39)17-18-8-2-1-3-9-18)26-20-10-4-6-12-22(20)35(19)30(26)31(27)36/h1-13,19,24H,14-17H2/t19-,24-/m0/s1. The van der Waals surface area contributed by atoms with E-state index >= 15 is 0 Å². The van der Waals surface area contributed by atoms with E-state index < -0.39 is 0 Å². The molecule has 1 saturated carbocycles. The molecule has 3 aliphatic rings. The van der Waals surface area contributed by atoms with Gasteiger partial charge >= 0.3 is 0 Å². The molecule has 9 rings (SSSR count). The van der Waals surface area contributed by atoms with Crippen molar-refractivity contribution in [2.45, 2.75) is 37.9 Å². The molecule has 4 aromatic carbocycles. The van der Waals surface area contributed by atoms with E-state index in [1.54, 1.807) is 0 Å². The molecule has 2 bridgehead atoms. The van der Waals surface area contributed by atoms with Crippen LogP contribution in [0.1, 0.15) is 57.6 Å². The normalized spacial score (nSPS) is 20.2. The second-order valence-electron chi connectivity index (χ2n) is 11.1. The number of benzene rings is 4. The number of aromatic nitrogens is 2. The minimum absolute atomic E-state index is 0.141. The number of Topliss-reactive ketones (excluding diaryl/α,β-unsaturated/α-hetero) is 1. The Morgan fingerprint density at radius 3 is 1.90 bits per heavy atom. The molecule has 39 heavy (non-hydrogen) atoms. The van der Waals surface area contributed by atoms with Gasteiger partial charge in [0.05, 0.1) is 34.7 Å². The molecule has 0 spiro atoms. The van der Waals surface area contributed by atoms with Crippen LogP contribution in [0.4, 0.5) is 0 Å². The molecule has 188 valence electrons. The predicted molar refractivity (Wildman–Crippen MR) is 150 cm³/mol. The molecule has 0 saturated heterocycles. The van der Waals surface area contributed by atoms with Crippen molar-refractivity contribution >= 4 is 61.2 Å². The summed E-state index contributed by atoms with van der Waals surface area (Å²) in [4.78, 5) is 43.4. The molecular formula is C33H23N3O3. The van der Waals surface area contributed by atoms with Gasteiger partial charge in [-0.3, -0.25) is 19.3 Å². The lowest BCUT2D eigenvalue weighted by molar-refractivity contribution is -0.124. The zero-order valence-corrected chi connectivity index (χ0v) is 21.1. The van der Waals surface area contributed by atoms with Gasteiger partial charge < -0.3 is 9.13 Å². The van der Waals surface area contributed by atoms with E-state index in [0.29, 0.717) is 24.0 Å². The number of carbonyl (C=O) groups is 3. The number of ketones is 1. The Bertz CT molecular complexity index is 2100. The van der Waals surface area contributed by atoms with Gasteiger partial charge in [-0.05, 0) is 30.5 Å². The van der Waals surface area contributed by atoms with Gasteiger partial charge in [-0.1, -0.05) is 66.7 Å². The van der Waals surface area contributed by atoms with E-state index in [0.717, 1.165) is 55.6 Å². The molecule has 1 aliphatic carbocycles. The number of amides is 2. The predicted octanol–water partition coefficient (Wildman–Crippen LogP) is 6.55. The zero-order chi connectivity index (χ0) is 26.0. The fourth-order valence-corrected chi connectivity index (χ4v) is 7.62. The van der Waals surface area contributed by atoms with Gasteiger partial charge in [-0.25, -0.2) is 0 Å². The molecule has 2 atom stereocenters. The first-order valence-electron chi connectivity index (χ1n) is 13.6. The van der Waals surface area contributed by atoms with Crippen LogP contribution in [0.5, 0.6) is 0 Å². The van der Waals surface area contributed by atoms with Gasteiger partial charge in [0, 0.05) is 45.0 Å². The van der Waals surface area contributed by atoms with Crippen LogP contribution in [-0.4, -0.2) is 31.6 Å². The Kier molecular flexibility index (Phi) is 3.94. The summed E-state index contributed by atoms with van der Waals surface area (Å²) >= 11 is 0. The van der Waals surface area contributed by atoms with Crippen LogP contribution >= 0.6 is 0 Å². The Morgan fingerprint density at radius 2 is 1.23 bits per heavy atom. The number of hydrogen-bond donors (Lipinski definition) is 0. The number of carbonyl (C=O) groups excluding carboxylic acids is 3. The second kappa shape index (κ2) is 7.23. The van der Waals surface area contributed by atoms with Crippen molar-refractivity contribution in [2.75, 3.05) is 0 Å². The quantitative estimate of drug-likeness (QED) is 0.249. The van der Waals surface area contributed by atoms with Crippen molar-refractivity contribution in [3.8, 4) is 0 Å². The summed E-state index contributed by atoms with van der Waals surface area (Å²) in [5, 5.41) is 3.54. The third-order valence-corrected chi connectivity index (χ3v) is 9.16. The van der Waals surface area contributed by atoms with Crippen molar-refractivity contribution in [2.24, 2.45) is 0 Å². The van der Waals surface area contributed by atoms with Crippen LogP contribution in [-0.2, 0) is 11.3 Å². The summed E-state index contributed by atoms with van der Waals surface area (Å²) < 4.78 is 4.58. The number of imide groups is 1. The van der Waals surface area contributed by atoms with E-state index in [9.17, 15) is 14.4 Å². The van der Waals surface area contributed by atoms with Gasteiger partial charge in [0.1, 0.15) is 0 Å². The average Bonchev–Trinajstić information content (AvgIpc) is 3.53. The van der Waals surface area contributed by atoms with Gasteiger partial charge in [0.15, 0.2) is 5.78 Å². The maximum absolute atomic E-state index is 14.3. The van der Waals surface area contributed by atoms with Crippen LogP contribution in [0.15, 0.2) is 78.9 Å². The van der Waals surface area contributed by atoms with Crippen molar-refractivity contribution < 1.29 is 14.4 Å². The molecule has 0 N–H and O–H groups in total. The molecule has 0 radical (unpaired) electrons. The van der Waals surface area contributed by atoms with Gasteiger partial charge in [-0.15, -0.1) is 0 Å². The minimum atomic E-state index is -0.293. The van der Waals surface area contributed by atoms with E-state index in [2.05, 4.69) is 21.3 Å². The highest BCUT2D eigenvalue weighted by Gasteiger charge is 2.45. The average molecular weight is 510 g/mol. The van der Waals surface area contributed by atoms with E-state index in [1.807, 2.05) is 66.7 Å². The number of hydrogen-bond acceptors (Lipinski definition) is 3. The zero-order valence-electron chi connectivity index (χ0n) is 21.1. The molecule has 6 aromatic rings. The topological polar surface area (TPSA) is 64.3 Å². The molecule has 0 unspecified atom stereocenters. The lowest BCUT2D eigenvalue weighted by Crippen LogP contribution is -2.29. The largest absolute Gasteiger partial charge is 0.335 e. The van der Waals surface area contributed by atoms with Crippen LogP contribution in [0, 0.1) is 0 Å². The van der Waals surface area contributed by atoms with E-state index in [4.69, 9.17) is 0 Å². The monoisotopic (exact) mass is 509 g/mol. The maximum atomic E-state index is 14.3. The molecule has 1 fully saturated rings. The first-order chi connectivity index (χ1) is 19.1. The summed E-state index contributed by atoms with van der Waals surface area (Å²) in [7, 11) is 0. The molecule has 4 heterocycles. The number of fused-ring (bicyclic) bond motifs is 13. The van der Waals surface area contributed by atoms with Gasteiger partial charge in [0.25, 0.3) is 11.8 Å². The van der Waals surface area contributed by atoms with Crippen molar-refractivity contribution in [1.82, 2.24) is 14.0 Å². The highest BCUT2D eigenvalue weighted by Crippen LogP contribution is 2.52. The Morgan fingerprint density at radius 1 is 0.667 bits per heavy atom. The van der Waals surface area contributed by atoms with E-state index in [-0.39, 0.29) is 36.2 Å². The van der Waals surface area contributed by atoms with Crippen LogP contribution in [0.2, 0.25) is 0 Å². The van der Waals surface area contributed by atoms with Crippen LogP contribution in [0.3, 0.4) is 0 Å². The summed E-state index contributed by atoms with van der Waals surface area (Å²) in [6.07, 6.45) is 2.01. The molecule has 6 heteroatoms. The van der Waals surface area contributed by atoms with E-state index in [1.165, 1.54) is 4.90 Å². The van der Waals surface area contributed by atoms with Crippen LogP contribution < -0.4 is 0 Å².